The maximum absolute atomic E-state index is 14.0. The van der Waals surface area contributed by atoms with Crippen molar-refractivity contribution in [3.63, 3.8) is 0 Å². The van der Waals surface area contributed by atoms with Gasteiger partial charge in [0.05, 0.1) is 19.8 Å². The molecule has 0 bridgehead atoms. The molecule has 1 aromatic heterocycles. The first-order valence-electron chi connectivity index (χ1n) is 10.9. The number of carbonyl (C=O) groups is 3. The van der Waals surface area contributed by atoms with Crippen LogP contribution in [0.15, 0.2) is 64.3 Å². The molecule has 7 heteroatoms. The molecule has 0 amide bonds. The topological polar surface area (TPSA) is 81.7 Å². The predicted molar refractivity (Wildman–Crippen MR) is 126 cm³/mol. The van der Waals surface area contributed by atoms with Crippen LogP contribution in [0.4, 0.5) is 0 Å². The van der Waals surface area contributed by atoms with Crippen molar-refractivity contribution in [2.24, 2.45) is 5.92 Å². The van der Waals surface area contributed by atoms with Gasteiger partial charge in [-0.15, -0.1) is 11.3 Å². The second-order valence-electron chi connectivity index (χ2n) is 8.27. The molecule has 2 aliphatic rings. The number of carbonyl (C=O) groups excluding carboxylic acids is 3. The molecule has 2 heterocycles. The molecule has 33 heavy (non-hydrogen) atoms. The summed E-state index contributed by atoms with van der Waals surface area (Å²) in [5, 5.41) is 5.23. The molecule has 0 saturated heterocycles. The summed E-state index contributed by atoms with van der Waals surface area (Å²) in [4.78, 5) is 40.6. The molecule has 0 spiro atoms. The van der Waals surface area contributed by atoms with Gasteiger partial charge in [-0.05, 0) is 42.3 Å². The number of benzene rings is 1. The summed E-state index contributed by atoms with van der Waals surface area (Å²) in [5.41, 5.74) is 4.18. The summed E-state index contributed by atoms with van der Waals surface area (Å²) in [7, 11) is 2.63. The van der Waals surface area contributed by atoms with Gasteiger partial charge in [0.2, 0.25) is 0 Å². The lowest BCUT2D eigenvalue weighted by molar-refractivity contribution is -0.149. The minimum absolute atomic E-state index is 0.313. The van der Waals surface area contributed by atoms with Crippen molar-refractivity contribution in [2.45, 2.75) is 38.5 Å². The SMILES string of the molecule is CCc1ccc([C@H]2C(C(=O)OC)=C(C)NC3=C2C(=O)[C@@H](C(=O)OC)[C@@H](c2cccs2)C3)cc1. The number of Topliss-reactive ketones (excluding diaryl/α,β-unsaturated/α-hetero) is 1. The van der Waals surface area contributed by atoms with Crippen molar-refractivity contribution >= 4 is 29.1 Å². The number of aryl methyl sites for hydroxylation is 1. The number of thiophene rings is 1. The Bertz CT molecular complexity index is 1140. The minimum atomic E-state index is -0.969. The van der Waals surface area contributed by atoms with Crippen LogP contribution in [0, 0.1) is 5.92 Å². The third-order valence-electron chi connectivity index (χ3n) is 6.51. The second-order valence-corrected chi connectivity index (χ2v) is 9.25. The highest BCUT2D eigenvalue weighted by molar-refractivity contribution is 7.10. The zero-order valence-corrected chi connectivity index (χ0v) is 20.0. The van der Waals surface area contributed by atoms with Crippen molar-refractivity contribution in [3.05, 3.63) is 80.3 Å². The molecule has 1 aliphatic heterocycles. The van der Waals surface area contributed by atoms with Gasteiger partial charge < -0.3 is 14.8 Å². The number of hydrogen-bond acceptors (Lipinski definition) is 7. The molecule has 0 fully saturated rings. The molecule has 0 saturated carbocycles. The molecule has 1 aromatic carbocycles. The number of dihydropyridines is 1. The number of ether oxygens (including phenoxy) is 2. The third kappa shape index (κ3) is 4.02. The lowest BCUT2D eigenvalue weighted by Crippen LogP contribution is -2.43. The van der Waals surface area contributed by atoms with Crippen LogP contribution in [-0.2, 0) is 30.3 Å². The summed E-state index contributed by atoms with van der Waals surface area (Å²) in [5.74, 6) is -3.29. The van der Waals surface area contributed by atoms with E-state index in [0.717, 1.165) is 28.1 Å². The Hall–Kier alpha value is -3.19. The fraction of sp³-hybridized carbons (Fsp3) is 0.346. The molecule has 0 unspecified atom stereocenters. The van der Waals surface area contributed by atoms with Gasteiger partial charge in [-0.3, -0.25) is 9.59 Å². The molecule has 2 aromatic rings. The lowest BCUT2D eigenvalue weighted by atomic mass is 9.68. The maximum Gasteiger partial charge on any atom is 0.336 e. The fourth-order valence-corrected chi connectivity index (χ4v) is 5.73. The van der Waals surface area contributed by atoms with E-state index >= 15 is 0 Å². The summed E-state index contributed by atoms with van der Waals surface area (Å²) in [6.07, 6.45) is 1.35. The highest BCUT2D eigenvalue weighted by atomic mass is 32.1. The average molecular weight is 466 g/mol. The summed E-state index contributed by atoms with van der Waals surface area (Å²) < 4.78 is 10.1. The first-order chi connectivity index (χ1) is 15.9. The number of allylic oxidation sites excluding steroid dienone is 3. The number of nitrogens with one attached hydrogen (secondary N) is 1. The second kappa shape index (κ2) is 9.35. The zero-order valence-electron chi connectivity index (χ0n) is 19.1. The summed E-state index contributed by atoms with van der Waals surface area (Å²) in [6.45, 7) is 3.89. The van der Waals surface area contributed by atoms with Crippen LogP contribution in [0.2, 0.25) is 0 Å². The number of esters is 2. The molecule has 0 radical (unpaired) electrons. The normalized spacial score (nSPS) is 22.5. The maximum atomic E-state index is 14.0. The molecular weight excluding hydrogens is 438 g/mol. The summed E-state index contributed by atoms with van der Waals surface area (Å²) >= 11 is 1.52. The number of rotatable bonds is 5. The summed E-state index contributed by atoms with van der Waals surface area (Å²) in [6, 6.07) is 11.7. The van der Waals surface area contributed by atoms with Crippen LogP contribution < -0.4 is 5.32 Å². The van der Waals surface area contributed by atoms with Crippen LogP contribution in [-0.4, -0.2) is 31.9 Å². The Balaban J connectivity index is 1.89. The van der Waals surface area contributed by atoms with Crippen molar-refractivity contribution in [1.82, 2.24) is 5.32 Å². The minimum Gasteiger partial charge on any atom is -0.468 e. The van der Waals surface area contributed by atoms with E-state index in [9.17, 15) is 14.4 Å². The van der Waals surface area contributed by atoms with E-state index in [1.54, 1.807) is 0 Å². The quantitative estimate of drug-likeness (QED) is 0.525. The Morgan fingerprint density at radius 3 is 2.42 bits per heavy atom. The van der Waals surface area contributed by atoms with Gasteiger partial charge in [0.25, 0.3) is 0 Å². The van der Waals surface area contributed by atoms with Gasteiger partial charge in [0, 0.05) is 33.7 Å². The van der Waals surface area contributed by atoms with Gasteiger partial charge in [-0.1, -0.05) is 37.3 Å². The highest BCUT2D eigenvalue weighted by Crippen LogP contribution is 2.48. The molecule has 3 atom stereocenters. The van der Waals surface area contributed by atoms with E-state index in [1.807, 2.05) is 48.7 Å². The monoisotopic (exact) mass is 465 g/mol. The van der Waals surface area contributed by atoms with E-state index in [1.165, 1.54) is 25.6 Å². The first kappa shape index (κ1) is 23.0. The lowest BCUT2D eigenvalue weighted by Gasteiger charge is -2.39. The van der Waals surface area contributed by atoms with E-state index in [2.05, 4.69) is 12.2 Å². The van der Waals surface area contributed by atoms with Crippen molar-refractivity contribution in [1.29, 1.82) is 0 Å². The van der Waals surface area contributed by atoms with Gasteiger partial charge in [-0.25, -0.2) is 4.79 Å². The van der Waals surface area contributed by atoms with Crippen LogP contribution in [0.1, 0.15) is 48.1 Å². The standard InChI is InChI=1S/C26H27NO5S/c1-5-15-8-10-16(11-9-15)21-20(25(29)31-3)14(2)27-18-13-17(19-7-6-12-33-19)22(26(30)32-4)24(28)23(18)21/h6-12,17,21-22,27H,5,13H2,1-4H3/t17-,21+,22+/m1/s1. The van der Waals surface area contributed by atoms with Crippen LogP contribution in [0.3, 0.4) is 0 Å². The molecular formula is C26H27NO5S. The van der Waals surface area contributed by atoms with Crippen molar-refractivity contribution < 1.29 is 23.9 Å². The van der Waals surface area contributed by atoms with Gasteiger partial charge >= 0.3 is 11.9 Å². The first-order valence-corrected chi connectivity index (χ1v) is 11.8. The van der Waals surface area contributed by atoms with Crippen molar-refractivity contribution in [3.8, 4) is 0 Å². The van der Waals surface area contributed by atoms with Gasteiger partial charge in [0.15, 0.2) is 5.78 Å². The Kier molecular flexibility index (Phi) is 6.51. The van der Waals surface area contributed by atoms with E-state index in [-0.39, 0.29) is 11.7 Å². The highest BCUT2D eigenvalue weighted by Gasteiger charge is 2.49. The van der Waals surface area contributed by atoms with E-state index < -0.39 is 23.8 Å². The third-order valence-corrected chi connectivity index (χ3v) is 7.51. The number of ketones is 1. The molecule has 1 aliphatic carbocycles. The fourth-order valence-electron chi connectivity index (χ4n) is 4.86. The smallest absolute Gasteiger partial charge is 0.336 e. The number of methoxy groups -OCH3 is 2. The molecule has 6 nitrogen and oxygen atoms in total. The molecule has 1 N–H and O–H groups in total. The predicted octanol–water partition coefficient (Wildman–Crippen LogP) is 4.24. The van der Waals surface area contributed by atoms with Crippen LogP contribution >= 0.6 is 11.3 Å². The van der Waals surface area contributed by atoms with Gasteiger partial charge in [-0.2, -0.15) is 0 Å². The van der Waals surface area contributed by atoms with Crippen LogP contribution in [0.25, 0.3) is 0 Å². The van der Waals surface area contributed by atoms with E-state index in [4.69, 9.17) is 9.47 Å². The van der Waals surface area contributed by atoms with Crippen LogP contribution in [0.5, 0.6) is 0 Å². The Labute approximate surface area is 197 Å². The number of hydrogen-bond donors (Lipinski definition) is 1. The van der Waals surface area contributed by atoms with Crippen molar-refractivity contribution in [2.75, 3.05) is 14.2 Å². The molecule has 4 rings (SSSR count). The Morgan fingerprint density at radius 2 is 1.85 bits per heavy atom. The average Bonchev–Trinajstić information content (AvgIpc) is 3.37. The van der Waals surface area contributed by atoms with E-state index in [0.29, 0.717) is 23.3 Å². The molecule has 172 valence electrons. The van der Waals surface area contributed by atoms with Gasteiger partial charge in [0.1, 0.15) is 5.92 Å². The zero-order chi connectivity index (χ0) is 23.7. The Morgan fingerprint density at radius 1 is 1.12 bits per heavy atom. The largest absolute Gasteiger partial charge is 0.468 e.